The molecule has 5 nitrogen and oxygen atoms in total. The first kappa shape index (κ1) is 31.3. The summed E-state index contributed by atoms with van der Waals surface area (Å²) >= 11 is 0. The molecule has 0 radical (unpaired) electrons. The van der Waals surface area contributed by atoms with Crippen molar-refractivity contribution in [2.75, 3.05) is 13.1 Å². The highest BCUT2D eigenvalue weighted by atomic mass is 16.5. The second-order valence-electron chi connectivity index (χ2n) is 17.9. The number of fused-ring (bicyclic) bond motifs is 7. The first-order chi connectivity index (χ1) is 20.0. The van der Waals surface area contributed by atoms with E-state index in [1.807, 2.05) is 0 Å². The molecule has 1 unspecified atom stereocenters. The van der Waals surface area contributed by atoms with Crippen LogP contribution in [0.15, 0.2) is 11.6 Å². The van der Waals surface area contributed by atoms with Crippen molar-refractivity contribution in [3.8, 4) is 0 Å². The molecule has 4 saturated carbocycles. The van der Waals surface area contributed by atoms with Crippen molar-refractivity contribution >= 4 is 17.7 Å². The Kier molecular flexibility index (Phi) is 7.42. The van der Waals surface area contributed by atoms with Gasteiger partial charge in [0.1, 0.15) is 6.10 Å². The highest BCUT2D eigenvalue weighted by molar-refractivity contribution is 5.95. The summed E-state index contributed by atoms with van der Waals surface area (Å²) in [5.41, 5.74) is 0.720. The van der Waals surface area contributed by atoms with E-state index < -0.39 is 0 Å². The van der Waals surface area contributed by atoms with Gasteiger partial charge in [-0.1, -0.05) is 66.9 Å². The molecule has 0 N–H and O–H groups in total. The van der Waals surface area contributed by atoms with Gasteiger partial charge in [0.2, 0.25) is 5.91 Å². The van der Waals surface area contributed by atoms with E-state index in [0.717, 1.165) is 77.3 Å². The number of ketones is 1. The van der Waals surface area contributed by atoms with Crippen LogP contribution in [-0.2, 0) is 19.1 Å². The standard InChI is InChI=1S/C38H59NO4/c1-25(40)43-30-14-15-36(6)29(33(30,2)3)13-16-38(8)31(36)28(41)23-26-27-24-35(5,32(42)39-21-11-9-10-12-22-39)18-17-34(27,4)19-20-37(26,38)7/h23,27,29-31H,9-22,24H2,1-8H3/t27-,29-,30?,31+,34+,35+,36-,37+,38+/m0/s1. The fraction of sp³-hybridized carbons (Fsp3) is 0.868. The maximum absolute atomic E-state index is 14.7. The first-order valence-electron chi connectivity index (χ1n) is 17.7. The summed E-state index contributed by atoms with van der Waals surface area (Å²) in [6.45, 7) is 20.0. The summed E-state index contributed by atoms with van der Waals surface area (Å²) in [5.74, 6) is 1.09. The lowest BCUT2D eigenvalue weighted by Gasteiger charge is -2.70. The second-order valence-corrected chi connectivity index (χ2v) is 17.9. The Labute approximate surface area is 261 Å². The lowest BCUT2D eigenvalue weighted by atomic mass is 9.33. The number of hydrogen-bond donors (Lipinski definition) is 0. The van der Waals surface area contributed by atoms with Gasteiger partial charge in [0.05, 0.1) is 0 Å². The molecular weight excluding hydrogens is 534 g/mol. The molecule has 9 atom stereocenters. The van der Waals surface area contributed by atoms with Crippen LogP contribution in [0.5, 0.6) is 0 Å². The Morgan fingerprint density at radius 1 is 0.837 bits per heavy atom. The van der Waals surface area contributed by atoms with Gasteiger partial charge in [-0.25, -0.2) is 0 Å². The molecule has 6 aliphatic rings. The van der Waals surface area contributed by atoms with Crippen LogP contribution in [0.2, 0.25) is 0 Å². The Morgan fingerprint density at radius 2 is 1.49 bits per heavy atom. The number of carbonyl (C=O) groups is 3. The van der Waals surface area contributed by atoms with Crippen LogP contribution in [0.4, 0.5) is 0 Å². The van der Waals surface area contributed by atoms with E-state index in [4.69, 9.17) is 4.74 Å². The monoisotopic (exact) mass is 593 g/mol. The fourth-order valence-electron chi connectivity index (χ4n) is 12.4. The molecule has 1 saturated heterocycles. The van der Waals surface area contributed by atoms with Gasteiger partial charge in [0.15, 0.2) is 5.78 Å². The van der Waals surface area contributed by atoms with E-state index in [-0.39, 0.29) is 56.4 Å². The van der Waals surface area contributed by atoms with Gasteiger partial charge in [0.25, 0.3) is 0 Å². The van der Waals surface area contributed by atoms with Crippen molar-refractivity contribution in [2.45, 2.75) is 145 Å². The van der Waals surface area contributed by atoms with Crippen molar-refractivity contribution in [3.05, 3.63) is 11.6 Å². The molecule has 5 aliphatic carbocycles. The molecule has 6 rings (SSSR count). The van der Waals surface area contributed by atoms with Gasteiger partial charge in [-0.2, -0.15) is 0 Å². The van der Waals surface area contributed by atoms with Crippen LogP contribution in [0.25, 0.3) is 0 Å². The molecule has 240 valence electrons. The highest BCUT2D eigenvalue weighted by Gasteiger charge is 2.70. The van der Waals surface area contributed by atoms with Crippen molar-refractivity contribution in [2.24, 2.45) is 50.2 Å². The topological polar surface area (TPSA) is 63.7 Å². The van der Waals surface area contributed by atoms with E-state index in [1.54, 1.807) is 0 Å². The Hall–Kier alpha value is -1.65. The number of nitrogens with zero attached hydrogens (tertiary/aromatic N) is 1. The van der Waals surface area contributed by atoms with Gasteiger partial charge in [-0.3, -0.25) is 14.4 Å². The van der Waals surface area contributed by atoms with E-state index in [2.05, 4.69) is 59.4 Å². The van der Waals surface area contributed by atoms with E-state index in [1.165, 1.54) is 31.8 Å². The highest BCUT2D eigenvalue weighted by Crippen LogP contribution is 2.75. The molecule has 0 aromatic carbocycles. The molecule has 0 aromatic rings. The molecule has 1 aliphatic heterocycles. The van der Waals surface area contributed by atoms with Crippen LogP contribution in [0.1, 0.15) is 139 Å². The minimum atomic E-state index is -0.350. The molecular formula is C38H59NO4. The molecule has 0 aromatic heterocycles. The summed E-state index contributed by atoms with van der Waals surface area (Å²) < 4.78 is 5.89. The van der Waals surface area contributed by atoms with Crippen LogP contribution >= 0.6 is 0 Å². The third kappa shape index (κ3) is 4.46. The summed E-state index contributed by atoms with van der Waals surface area (Å²) in [7, 11) is 0. The Morgan fingerprint density at radius 3 is 2.14 bits per heavy atom. The maximum Gasteiger partial charge on any atom is 0.302 e. The molecule has 0 bridgehead atoms. The molecule has 5 fully saturated rings. The number of carbonyl (C=O) groups excluding carboxylic acids is 3. The van der Waals surface area contributed by atoms with Gasteiger partial charge >= 0.3 is 5.97 Å². The first-order valence-corrected chi connectivity index (χ1v) is 17.7. The van der Waals surface area contributed by atoms with Crippen LogP contribution < -0.4 is 0 Å². The molecule has 0 spiro atoms. The van der Waals surface area contributed by atoms with E-state index in [9.17, 15) is 14.4 Å². The van der Waals surface area contributed by atoms with Crippen molar-refractivity contribution in [1.29, 1.82) is 0 Å². The number of amides is 1. The van der Waals surface area contributed by atoms with Crippen molar-refractivity contribution < 1.29 is 19.1 Å². The number of rotatable bonds is 2. The van der Waals surface area contributed by atoms with Crippen molar-refractivity contribution in [3.63, 3.8) is 0 Å². The Balaban J connectivity index is 1.36. The predicted molar refractivity (Wildman–Crippen MR) is 170 cm³/mol. The van der Waals surface area contributed by atoms with E-state index in [0.29, 0.717) is 17.6 Å². The number of likely N-dealkylation sites (tertiary alicyclic amines) is 1. The summed E-state index contributed by atoms with van der Waals surface area (Å²) in [6, 6.07) is 0. The van der Waals surface area contributed by atoms with Crippen molar-refractivity contribution in [1.82, 2.24) is 4.90 Å². The molecule has 5 heteroatoms. The van der Waals surface area contributed by atoms with Crippen LogP contribution in [0, 0.1) is 50.2 Å². The average Bonchev–Trinajstić information content (AvgIpc) is 3.21. The van der Waals surface area contributed by atoms with Crippen LogP contribution in [0.3, 0.4) is 0 Å². The normalized spacial score (nSPS) is 47.6. The SMILES string of the molecule is CC(=O)OC1CC[C@]2(C)[C@H]3C(=O)C=C4[C@@H]5C[C@](C)(C(=O)N6CCCCCC6)CC[C@]5(C)CC[C@@]4(C)[C@]3(C)CC[C@H]2C1(C)C. The summed E-state index contributed by atoms with van der Waals surface area (Å²) in [4.78, 5) is 43.0. The minimum Gasteiger partial charge on any atom is -0.462 e. The van der Waals surface area contributed by atoms with E-state index >= 15 is 0 Å². The Bertz CT molecular complexity index is 1210. The smallest absolute Gasteiger partial charge is 0.302 e. The van der Waals surface area contributed by atoms with Gasteiger partial charge < -0.3 is 9.64 Å². The zero-order valence-electron chi connectivity index (χ0n) is 28.6. The average molecular weight is 594 g/mol. The molecule has 1 amide bonds. The summed E-state index contributed by atoms with van der Waals surface area (Å²) in [6.07, 6.45) is 15.8. The number of hydrogen-bond acceptors (Lipinski definition) is 4. The number of esters is 1. The largest absolute Gasteiger partial charge is 0.462 e. The predicted octanol–water partition coefficient (Wildman–Crippen LogP) is 8.30. The quantitative estimate of drug-likeness (QED) is 0.302. The van der Waals surface area contributed by atoms with Gasteiger partial charge in [-0.15, -0.1) is 0 Å². The zero-order chi connectivity index (χ0) is 31.2. The zero-order valence-corrected chi connectivity index (χ0v) is 28.6. The second kappa shape index (κ2) is 10.2. The fourth-order valence-corrected chi connectivity index (χ4v) is 12.4. The third-order valence-corrected chi connectivity index (χ3v) is 15.2. The van der Waals surface area contributed by atoms with Gasteiger partial charge in [-0.05, 0) is 110 Å². The lowest BCUT2D eigenvalue weighted by molar-refractivity contribution is -0.210. The lowest BCUT2D eigenvalue weighted by Crippen LogP contribution is -2.66. The minimum absolute atomic E-state index is 0.0249. The summed E-state index contributed by atoms with van der Waals surface area (Å²) in [5, 5.41) is 0. The maximum atomic E-state index is 14.7. The van der Waals surface area contributed by atoms with Gasteiger partial charge in [0, 0.05) is 36.8 Å². The number of allylic oxidation sites excluding steroid dienone is 2. The third-order valence-electron chi connectivity index (χ3n) is 15.2. The molecule has 1 heterocycles. The molecule has 43 heavy (non-hydrogen) atoms. The van der Waals surface area contributed by atoms with Crippen LogP contribution in [-0.4, -0.2) is 41.8 Å². The number of ether oxygens (including phenoxy) is 1.